The Kier molecular flexibility index (Phi) is 4.65. The van der Waals surface area contributed by atoms with Gasteiger partial charge in [-0.2, -0.15) is 0 Å². The van der Waals surface area contributed by atoms with Gasteiger partial charge in [0.15, 0.2) is 15.1 Å². The van der Waals surface area contributed by atoms with Crippen molar-refractivity contribution in [1.82, 2.24) is 15.0 Å². The molecule has 0 spiro atoms. The van der Waals surface area contributed by atoms with Crippen LogP contribution in [0.1, 0.15) is 0 Å². The smallest absolute Gasteiger partial charge is 0.209 e. The van der Waals surface area contributed by atoms with Crippen molar-refractivity contribution >= 4 is 0 Å². The average Bonchev–Trinajstić information content (AvgIpc) is 2.15. The van der Waals surface area contributed by atoms with Crippen LogP contribution >= 0.6 is 0 Å². The highest BCUT2D eigenvalue weighted by Crippen LogP contribution is 1.95. The number of nitrogens with zero attached hydrogens (tertiary/aromatic N) is 6. The summed E-state index contributed by atoms with van der Waals surface area (Å²) in [5, 5.41) is 29.4. The molecule has 0 aromatic rings. The zero-order valence-electron chi connectivity index (χ0n) is 8.55. The Bertz CT molecular complexity index is 273. The lowest BCUT2D eigenvalue weighted by atomic mass is 10.8. The summed E-state index contributed by atoms with van der Waals surface area (Å²) in [5.74, 6) is 0. The Hall–Kier alpha value is -2.40. The van der Waals surface area contributed by atoms with Crippen molar-refractivity contribution in [3.05, 3.63) is 30.3 Å². The van der Waals surface area contributed by atoms with Gasteiger partial charge in [0, 0.05) is 0 Å². The minimum Gasteiger partial charge on any atom is -0.235 e. The molecule has 12 nitrogen and oxygen atoms in total. The Morgan fingerprint density at radius 1 is 0.812 bits per heavy atom. The molecule has 0 atom stereocenters. The highest BCUT2D eigenvalue weighted by Gasteiger charge is 2.25. The van der Waals surface area contributed by atoms with Crippen molar-refractivity contribution in [2.75, 3.05) is 27.4 Å². The molecule has 0 radical (unpaired) electrons. The van der Waals surface area contributed by atoms with Gasteiger partial charge in [0.25, 0.3) is 0 Å². The van der Waals surface area contributed by atoms with Crippen LogP contribution in [-0.2, 0) is 0 Å². The van der Waals surface area contributed by atoms with Crippen LogP contribution in [0.2, 0.25) is 0 Å². The largest absolute Gasteiger partial charge is 0.235 e. The molecule has 0 aliphatic rings. The predicted octanol–water partition coefficient (Wildman–Crippen LogP) is -1.36. The van der Waals surface area contributed by atoms with E-state index in [2.05, 4.69) is 0 Å². The summed E-state index contributed by atoms with van der Waals surface area (Å²) in [6, 6.07) is 0. The maximum atomic E-state index is 10.4. The number of rotatable bonds is 7. The fourth-order valence-corrected chi connectivity index (χ4v) is 0.724. The van der Waals surface area contributed by atoms with Gasteiger partial charge >= 0.3 is 0 Å². The average molecular weight is 238 g/mol. The first-order valence-corrected chi connectivity index (χ1v) is 3.85. The van der Waals surface area contributed by atoms with Crippen LogP contribution in [0.5, 0.6) is 0 Å². The molecule has 0 amide bonds. The molecule has 0 aliphatic heterocycles. The molecule has 0 heterocycles. The quantitative estimate of drug-likeness (QED) is 0.298. The summed E-state index contributed by atoms with van der Waals surface area (Å²) in [6.07, 6.45) is 0. The fourth-order valence-electron chi connectivity index (χ4n) is 0.724. The first-order valence-electron chi connectivity index (χ1n) is 3.85. The molecule has 0 saturated heterocycles. The normalized spacial score (nSPS) is 9.38. The molecular formula is C4H10N6O6. The van der Waals surface area contributed by atoms with Gasteiger partial charge in [0.2, 0.25) is 13.3 Å². The zero-order valence-corrected chi connectivity index (χ0v) is 8.55. The van der Waals surface area contributed by atoms with Crippen LogP contribution in [0.25, 0.3) is 0 Å². The maximum absolute atomic E-state index is 10.4. The number of hydrogen-bond donors (Lipinski definition) is 0. The van der Waals surface area contributed by atoms with Gasteiger partial charge in [0.05, 0.1) is 14.1 Å². The summed E-state index contributed by atoms with van der Waals surface area (Å²) in [7, 11) is 2.03. The molecule has 92 valence electrons. The summed E-state index contributed by atoms with van der Waals surface area (Å²) >= 11 is 0. The lowest BCUT2D eigenvalue weighted by Crippen LogP contribution is -2.47. The van der Waals surface area contributed by atoms with Crippen molar-refractivity contribution in [2.45, 2.75) is 0 Å². The Balaban J connectivity index is 4.45. The molecule has 0 aliphatic carbocycles. The molecule has 16 heavy (non-hydrogen) atoms. The molecular weight excluding hydrogens is 228 g/mol. The van der Waals surface area contributed by atoms with Crippen molar-refractivity contribution in [3.63, 3.8) is 0 Å². The second-order valence-corrected chi connectivity index (χ2v) is 2.82. The van der Waals surface area contributed by atoms with Gasteiger partial charge in [-0.1, -0.05) is 5.01 Å². The molecule has 0 unspecified atom stereocenters. The van der Waals surface area contributed by atoms with Crippen LogP contribution in [0.3, 0.4) is 0 Å². The number of nitro groups is 3. The van der Waals surface area contributed by atoms with Gasteiger partial charge in [0.1, 0.15) is 0 Å². The van der Waals surface area contributed by atoms with E-state index >= 15 is 0 Å². The lowest BCUT2D eigenvalue weighted by Gasteiger charge is -2.17. The minimum atomic E-state index is -0.944. The third-order valence-electron chi connectivity index (χ3n) is 1.52. The fraction of sp³-hybridized carbons (Fsp3) is 1.00. The SMILES string of the molecule is CN(CN(CN(C)[N+](=O)[O-])[N+](=O)[O-])[N+](=O)[O-]. The van der Waals surface area contributed by atoms with E-state index in [1.54, 1.807) is 0 Å². The standard InChI is InChI=1S/C4H10N6O6/c1-5(8(11)12)3-7(10(15)16)4-6(2)9(13)14/h3-4H2,1-2H3. The summed E-state index contributed by atoms with van der Waals surface area (Å²) in [4.78, 5) is 30.9. The molecule has 0 rings (SSSR count). The maximum Gasteiger partial charge on any atom is 0.209 e. The van der Waals surface area contributed by atoms with Gasteiger partial charge in [-0.15, -0.1) is 10.0 Å². The van der Waals surface area contributed by atoms with E-state index in [-0.39, 0.29) is 0 Å². The highest BCUT2D eigenvalue weighted by atomic mass is 16.7. The third-order valence-corrected chi connectivity index (χ3v) is 1.52. The molecule has 12 heteroatoms. The van der Waals surface area contributed by atoms with Gasteiger partial charge < -0.3 is 0 Å². The number of hydrazine groups is 3. The molecule has 0 bridgehead atoms. The van der Waals surface area contributed by atoms with Gasteiger partial charge in [-0.25, -0.2) is 30.3 Å². The summed E-state index contributed by atoms with van der Waals surface area (Å²) in [6.45, 7) is -1.34. The highest BCUT2D eigenvalue weighted by molar-refractivity contribution is 4.37. The number of hydrogen-bond acceptors (Lipinski definition) is 6. The third kappa shape index (κ3) is 4.21. The van der Waals surface area contributed by atoms with Crippen molar-refractivity contribution in [1.29, 1.82) is 0 Å². The van der Waals surface area contributed by atoms with Crippen LogP contribution in [0.4, 0.5) is 0 Å². The van der Waals surface area contributed by atoms with E-state index in [9.17, 15) is 30.3 Å². The van der Waals surface area contributed by atoms with E-state index in [1.165, 1.54) is 0 Å². The summed E-state index contributed by atoms with van der Waals surface area (Å²) in [5.41, 5.74) is 0. The van der Waals surface area contributed by atoms with Crippen LogP contribution in [-0.4, -0.2) is 57.6 Å². The zero-order chi connectivity index (χ0) is 12.9. The van der Waals surface area contributed by atoms with Crippen molar-refractivity contribution in [3.8, 4) is 0 Å². The molecule has 0 fully saturated rings. The van der Waals surface area contributed by atoms with Crippen molar-refractivity contribution < 1.29 is 15.1 Å². The van der Waals surface area contributed by atoms with E-state index in [0.29, 0.717) is 15.0 Å². The lowest BCUT2D eigenvalue weighted by molar-refractivity contribution is -0.732. The topological polar surface area (TPSA) is 139 Å². The van der Waals surface area contributed by atoms with Gasteiger partial charge in [-0.3, -0.25) is 0 Å². The second kappa shape index (κ2) is 5.47. The van der Waals surface area contributed by atoms with E-state index in [1.807, 2.05) is 0 Å². The first-order chi connectivity index (χ1) is 7.25. The van der Waals surface area contributed by atoms with E-state index < -0.39 is 28.4 Å². The molecule has 0 saturated carbocycles. The predicted molar refractivity (Wildman–Crippen MR) is 48.1 cm³/mol. The first kappa shape index (κ1) is 13.6. The molecule has 0 aromatic carbocycles. The second-order valence-electron chi connectivity index (χ2n) is 2.82. The van der Waals surface area contributed by atoms with Gasteiger partial charge in [-0.05, 0) is 0 Å². The monoisotopic (exact) mass is 238 g/mol. The molecule has 0 aromatic heterocycles. The van der Waals surface area contributed by atoms with Crippen LogP contribution < -0.4 is 0 Å². The van der Waals surface area contributed by atoms with Crippen LogP contribution in [0.15, 0.2) is 0 Å². The van der Waals surface area contributed by atoms with Crippen molar-refractivity contribution in [2.24, 2.45) is 0 Å². The Morgan fingerprint density at radius 2 is 1.12 bits per heavy atom. The molecule has 0 N–H and O–H groups in total. The van der Waals surface area contributed by atoms with Crippen LogP contribution in [0, 0.1) is 30.3 Å². The van der Waals surface area contributed by atoms with E-state index in [0.717, 1.165) is 14.1 Å². The minimum absolute atomic E-state index is 0.339. The Morgan fingerprint density at radius 3 is 1.31 bits per heavy atom. The summed E-state index contributed by atoms with van der Waals surface area (Å²) < 4.78 is 0. The Labute approximate surface area is 89.0 Å². The van der Waals surface area contributed by atoms with E-state index in [4.69, 9.17) is 0 Å².